The van der Waals surface area contributed by atoms with Crippen LogP contribution in [0.25, 0.3) is 10.8 Å². The molecule has 0 aliphatic rings. The van der Waals surface area contributed by atoms with Crippen molar-refractivity contribution in [2.24, 2.45) is 0 Å². The van der Waals surface area contributed by atoms with Gasteiger partial charge < -0.3 is 14.2 Å². The first-order chi connectivity index (χ1) is 10.3. The Labute approximate surface area is 123 Å². The zero-order valence-corrected chi connectivity index (χ0v) is 12.0. The predicted molar refractivity (Wildman–Crippen MR) is 83.6 cm³/mol. The number of methoxy groups -OCH3 is 2. The van der Waals surface area contributed by atoms with E-state index in [1.165, 1.54) is 0 Å². The van der Waals surface area contributed by atoms with E-state index in [-0.39, 0.29) is 0 Å². The summed E-state index contributed by atoms with van der Waals surface area (Å²) in [5, 5.41) is 1.96. The van der Waals surface area contributed by atoms with Crippen LogP contribution in [-0.2, 0) is 0 Å². The standard InChI is InChI=1S/C18H16O3/c1-19-16-12-17(21-13-8-4-3-5-9-13)18(20-2)15-11-7-6-10-14(15)16/h3-12H,1-2H3. The second-order valence-electron chi connectivity index (χ2n) is 4.57. The summed E-state index contributed by atoms with van der Waals surface area (Å²) in [6, 6.07) is 19.4. The van der Waals surface area contributed by atoms with Crippen LogP contribution < -0.4 is 14.2 Å². The molecule has 0 spiro atoms. The van der Waals surface area contributed by atoms with E-state index in [0.717, 1.165) is 22.3 Å². The highest BCUT2D eigenvalue weighted by Gasteiger charge is 2.14. The largest absolute Gasteiger partial charge is 0.496 e. The van der Waals surface area contributed by atoms with Gasteiger partial charge in [-0.1, -0.05) is 42.5 Å². The van der Waals surface area contributed by atoms with Gasteiger partial charge in [0.15, 0.2) is 11.5 Å². The average molecular weight is 280 g/mol. The first-order valence-corrected chi connectivity index (χ1v) is 6.70. The summed E-state index contributed by atoms with van der Waals surface area (Å²) >= 11 is 0. The fourth-order valence-electron chi connectivity index (χ4n) is 2.36. The van der Waals surface area contributed by atoms with Crippen molar-refractivity contribution in [1.29, 1.82) is 0 Å². The van der Waals surface area contributed by atoms with Gasteiger partial charge in [-0.05, 0) is 12.1 Å². The number of rotatable bonds is 4. The van der Waals surface area contributed by atoms with Gasteiger partial charge in [0.05, 0.1) is 14.2 Å². The summed E-state index contributed by atoms with van der Waals surface area (Å²) in [7, 11) is 3.30. The van der Waals surface area contributed by atoms with Crippen molar-refractivity contribution >= 4 is 10.8 Å². The molecule has 0 aliphatic heterocycles. The van der Waals surface area contributed by atoms with E-state index in [9.17, 15) is 0 Å². The highest BCUT2D eigenvalue weighted by atomic mass is 16.5. The van der Waals surface area contributed by atoms with E-state index in [4.69, 9.17) is 14.2 Å². The summed E-state index contributed by atoms with van der Waals surface area (Å²) in [6.45, 7) is 0. The smallest absolute Gasteiger partial charge is 0.173 e. The monoisotopic (exact) mass is 280 g/mol. The molecule has 0 fully saturated rings. The van der Waals surface area contributed by atoms with Crippen LogP contribution in [0.15, 0.2) is 60.7 Å². The Hall–Kier alpha value is -2.68. The van der Waals surface area contributed by atoms with Gasteiger partial charge in [0, 0.05) is 16.8 Å². The average Bonchev–Trinajstić information content (AvgIpc) is 2.55. The van der Waals surface area contributed by atoms with Crippen LogP contribution >= 0.6 is 0 Å². The molecule has 0 unspecified atom stereocenters. The molecule has 0 aromatic heterocycles. The molecule has 0 N–H and O–H groups in total. The Morgan fingerprint density at radius 3 is 2.00 bits per heavy atom. The van der Waals surface area contributed by atoms with Crippen molar-refractivity contribution in [2.45, 2.75) is 0 Å². The molecule has 21 heavy (non-hydrogen) atoms. The molecule has 3 aromatic carbocycles. The third-order valence-corrected chi connectivity index (χ3v) is 3.32. The molecule has 3 heteroatoms. The number of benzene rings is 3. The van der Waals surface area contributed by atoms with Crippen LogP contribution in [0.2, 0.25) is 0 Å². The normalized spacial score (nSPS) is 10.4. The van der Waals surface area contributed by atoms with Crippen LogP contribution in [0, 0.1) is 0 Å². The van der Waals surface area contributed by atoms with Crippen LogP contribution in [0.5, 0.6) is 23.0 Å². The third-order valence-electron chi connectivity index (χ3n) is 3.32. The first kappa shape index (κ1) is 13.3. The van der Waals surface area contributed by atoms with Crippen molar-refractivity contribution < 1.29 is 14.2 Å². The highest BCUT2D eigenvalue weighted by molar-refractivity contribution is 5.95. The summed E-state index contributed by atoms with van der Waals surface area (Å²) in [4.78, 5) is 0. The molecule has 0 radical (unpaired) electrons. The lowest BCUT2D eigenvalue weighted by Gasteiger charge is -2.15. The topological polar surface area (TPSA) is 27.7 Å². The van der Waals surface area contributed by atoms with Crippen LogP contribution in [0.3, 0.4) is 0 Å². The maximum atomic E-state index is 5.95. The maximum Gasteiger partial charge on any atom is 0.173 e. The molecular formula is C18H16O3. The third kappa shape index (κ3) is 2.50. The highest BCUT2D eigenvalue weighted by Crippen LogP contribution is 2.42. The van der Waals surface area contributed by atoms with Gasteiger partial charge in [-0.3, -0.25) is 0 Å². The van der Waals surface area contributed by atoms with E-state index in [1.807, 2.05) is 60.7 Å². The molecule has 3 nitrogen and oxygen atoms in total. The Kier molecular flexibility index (Phi) is 3.65. The Bertz CT molecular complexity index is 751. The molecular weight excluding hydrogens is 264 g/mol. The number of hydrogen-bond acceptors (Lipinski definition) is 3. The molecule has 0 heterocycles. The van der Waals surface area contributed by atoms with Gasteiger partial charge in [-0.15, -0.1) is 0 Å². The van der Waals surface area contributed by atoms with E-state index >= 15 is 0 Å². The Balaban J connectivity index is 2.17. The minimum atomic E-state index is 0.638. The van der Waals surface area contributed by atoms with E-state index < -0.39 is 0 Å². The molecule has 0 saturated heterocycles. The van der Waals surface area contributed by atoms with Gasteiger partial charge in [0.25, 0.3) is 0 Å². The van der Waals surface area contributed by atoms with Gasteiger partial charge in [0.1, 0.15) is 11.5 Å². The van der Waals surface area contributed by atoms with Crippen LogP contribution in [-0.4, -0.2) is 14.2 Å². The lowest BCUT2D eigenvalue weighted by atomic mass is 10.1. The van der Waals surface area contributed by atoms with Gasteiger partial charge in [-0.25, -0.2) is 0 Å². The molecule has 3 rings (SSSR count). The van der Waals surface area contributed by atoms with Crippen molar-refractivity contribution in [3.8, 4) is 23.0 Å². The van der Waals surface area contributed by atoms with E-state index in [1.54, 1.807) is 14.2 Å². The number of hydrogen-bond donors (Lipinski definition) is 0. The lowest BCUT2D eigenvalue weighted by molar-refractivity contribution is 0.377. The van der Waals surface area contributed by atoms with E-state index in [0.29, 0.717) is 11.5 Å². The minimum absolute atomic E-state index is 0.638. The first-order valence-electron chi connectivity index (χ1n) is 6.70. The van der Waals surface area contributed by atoms with Crippen LogP contribution in [0.4, 0.5) is 0 Å². The fourth-order valence-corrected chi connectivity index (χ4v) is 2.36. The summed E-state index contributed by atoms with van der Waals surface area (Å²) in [6.07, 6.45) is 0. The van der Waals surface area contributed by atoms with Gasteiger partial charge in [0.2, 0.25) is 0 Å². The molecule has 0 atom stereocenters. The predicted octanol–water partition coefficient (Wildman–Crippen LogP) is 4.65. The number of para-hydroxylation sites is 1. The van der Waals surface area contributed by atoms with Gasteiger partial charge >= 0.3 is 0 Å². The number of fused-ring (bicyclic) bond motifs is 1. The Morgan fingerprint density at radius 1 is 0.667 bits per heavy atom. The molecule has 3 aromatic rings. The summed E-state index contributed by atoms with van der Waals surface area (Å²) in [5.41, 5.74) is 0. The minimum Gasteiger partial charge on any atom is -0.496 e. The van der Waals surface area contributed by atoms with Gasteiger partial charge in [-0.2, -0.15) is 0 Å². The van der Waals surface area contributed by atoms with Crippen molar-refractivity contribution in [1.82, 2.24) is 0 Å². The summed E-state index contributed by atoms with van der Waals surface area (Å²) in [5.74, 6) is 2.86. The van der Waals surface area contributed by atoms with E-state index in [2.05, 4.69) is 0 Å². The molecule has 0 saturated carbocycles. The zero-order valence-electron chi connectivity index (χ0n) is 12.0. The molecule has 0 bridgehead atoms. The molecule has 0 aliphatic carbocycles. The van der Waals surface area contributed by atoms with Crippen molar-refractivity contribution in [3.63, 3.8) is 0 Å². The number of ether oxygens (including phenoxy) is 3. The SMILES string of the molecule is COc1cc(Oc2ccccc2)c(OC)c2ccccc12. The fraction of sp³-hybridized carbons (Fsp3) is 0.111. The summed E-state index contributed by atoms with van der Waals surface area (Å²) < 4.78 is 17.0. The zero-order chi connectivity index (χ0) is 14.7. The van der Waals surface area contributed by atoms with Crippen molar-refractivity contribution in [3.05, 3.63) is 60.7 Å². The van der Waals surface area contributed by atoms with Crippen molar-refractivity contribution in [2.75, 3.05) is 14.2 Å². The molecule has 106 valence electrons. The lowest BCUT2D eigenvalue weighted by Crippen LogP contribution is -1.94. The quantitative estimate of drug-likeness (QED) is 0.696. The molecule has 0 amide bonds. The second-order valence-corrected chi connectivity index (χ2v) is 4.57. The van der Waals surface area contributed by atoms with Crippen LogP contribution in [0.1, 0.15) is 0 Å². The Morgan fingerprint density at radius 2 is 1.33 bits per heavy atom. The maximum absolute atomic E-state index is 5.95. The second kappa shape index (κ2) is 5.75.